The molecule has 1 aliphatic rings. The molecule has 0 saturated carbocycles. The summed E-state index contributed by atoms with van der Waals surface area (Å²) in [6.07, 6.45) is 0.445. The molecular formula is C16H32N2O4S. The number of nitrogens with one attached hydrogen (secondary N) is 1. The molecule has 3 N–H and O–H groups in total. The van der Waals surface area contributed by atoms with Crippen molar-refractivity contribution >= 4 is 17.5 Å². The van der Waals surface area contributed by atoms with E-state index in [4.69, 9.17) is 0 Å². The van der Waals surface area contributed by atoms with Crippen LogP contribution in [0.15, 0.2) is 0 Å². The van der Waals surface area contributed by atoms with E-state index < -0.39 is 22.2 Å². The van der Waals surface area contributed by atoms with Crippen LogP contribution in [0.5, 0.6) is 0 Å². The number of likely N-dealkylation sites (tertiary alicyclic amines) is 1. The maximum absolute atomic E-state index is 12.6. The molecule has 1 saturated heterocycles. The molecule has 6 nitrogen and oxygen atoms in total. The summed E-state index contributed by atoms with van der Waals surface area (Å²) in [4.78, 5) is 12.7. The first-order chi connectivity index (χ1) is 10.3. The zero-order chi connectivity index (χ0) is 18.1. The lowest BCUT2D eigenvalue weighted by atomic mass is 9.74. The van der Waals surface area contributed by atoms with Gasteiger partial charge in [-0.1, -0.05) is 20.8 Å². The smallest absolute Gasteiger partial charge is 0.407 e. The maximum Gasteiger partial charge on any atom is 0.407 e. The molecule has 1 unspecified atom stereocenters. The van der Waals surface area contributed by atoms with Crippen LogP contribution in [0.4, 0.5) is 4.79 Å². The number of hydrogen-bond donors (Lipinski definition) is 3. The number of aliphatic hydroxyl groups excluding tert-OH is 1. The topological polar surface area (TPSA) is 95.9 Å². The summed E-state index contributed by atoms with van der Waals surface area (Å²) >= 11 is -1.25. The predicted molar refractivity (Wildman–Crippen MR) is 92.6 cm³/mol. The molecule has 7 heteroatoms. The first kappa shape index (κ1) is 20.5. The molecule has 136 valence electrons. The summed E-state index contributed by atoms with van der Waals surface area (Å²) < 4.78 is 15.4. The van der Waals surface area contributed by atoms with E-state index in [1.807, 2.05) is 41.5 Å². The van der Waals surface area contributed by atoms with Gasteiger partial charge in [0.05, 0.1) is 6.04 Å². The number of amides is 1. The molecule has 3 atom stereocenters. The summed E-state index contributed by atoms with van der Waals surface area (Å²) in [5, 5.41) is 18.8. The Morgan fingerprint density at radius 3 is 2.35 bits per heavy atom. The number of carboxylic acid groups (broad SMARTS) is 1. The zero-order valence-corrected chi connectivity index (χ0v) is 16.0. The predicted octanol–water partition coefficient (Wildman–Crippen LogP) is 2.21. The molecule has 0 bridgehead atoms. The van der Waals surface area contributed by atoms with Crippen molar-refractivity contribution in [1.29, 1.82) is 0 Å². The molecule has 0 aromatic carbocycles. The summed E-state index contributed by atoms with van der Waals surface area (Å²) in [6, 6.07) is -0.131. The number of nitrogens with zero attached hydrogens (tertiary/aromatic N) is 1. The largest absolute Gasteiger partial charge is 0.598 e. The van der Waals surface area contributed by atoms with Crippen molar-refractivity contribution in [3.63, 3.8) is 0 Å². The molecule has 1 fully saturated rings. The summed E-state index contributed by atoms with van der Waals surface area (Å²) in [7, 11) is 0. The second-order valence-corrected chi connectivity index (χ2v) is 10.7. The van der Waals surface area contributed by atoms with E-state index in [1.165, 1.54) is 4.90 Å². The van der Waals surface area contributed by atoms with Crippen LogP contribution in [0, 0.1) is 10.8 Å². The first-order valence-corrected chi connectivity index (χ1v) is 9.22. The van der Waals surface area contributed by atoms with E-state index in [-0.39, 0.29) is 23.5 Å². The van der Waals surface area contributed by atoms with Gasteiger partial charge in [0.25, 0.3) is 0 Å². The van der Waals surface area contributed by atoms with Crippen molar-refractivity contribution in [2.45, 2.75) is 65.2 Å². The van der Waals surface area contributed by atoms with Crippen molar-refractivity contribution in [2.24, 2.45) is 10.8 Å². The minimum atomic E-state index is -1.25. The zero-order valence-electron chi connectivity index (χ0n) is 15.2. The number of carbonyl (C=O) groups is 1. The molecular weight excluding hydrogens is 316 g/mol. The summed E-state index contributed by atoms with van der Waals surface area (Å²) in [6.45, 7) is 12.6. The Morgan fingerprint density at radius 2 is 1.96 bits per heavy atom. The Kier molecular flexibility index (Phi) is 6.40. The molecule has 1 rings (SSSR count). The van der Waals surface area contributed by atoms with Crippen LogP contribution >= 0.6 is 0 Å². The van der Waals surface area contributed by atoms with E-state index in [0.717, 1.165) is 6.42 Å². The average molecular weight is 349 g/mol. The first-order valence-electron chi connectivity index (χ1n) is 8.07. The van der Waals surface area contributed by atoms with E-state index in [0.29, 0.717) is 19.5 Å². The fraction of sp³-hybridized carbons (Fsp3) is 0.938. The Hall–Kier alpha value is -0.500. The average Bonchev–Trinajstić information content (AvgIpc) is 2.81. The van der Waals surface area contributed by atoms with Gasteiger partial charge in [0.15, 0.2) is 0 Å². The third-order valence-corrected chi connectivity index (χ3v) is 6.22. The van der Waals surface area contributed by atoms with E-state index in [1.54, 1.807) is 0 Å². The lowest BCUT2D eigenvalue weighted by Gasteiger charge is -2.40. The van der Waals surface area contributed by atoms with Gasteiger partial charge in [0.1, 0.15) is 4.75 Å². The third kappa shape index (κ3) is 5.52. The van der Waals surface area contributed by atoms with Crippen molar-refractivity contribution in [1.82, 2.24) is 9.62 Å². The van der Waals surface area contributed by atoms with Crippen molar-refractivity contribution in [3.05, 3.63) is 0 Å². The lowest BCUT2D eigenvalue weighted by molar-refractivity contribution is 0.105. The van der Waals surface area contributed by atoms with Crippen LogP contribution in [0.3, 0.4) is 0 Å². The van der Waals surface area contributed by atoms with Crippen LogP contribution < -0.4 is 4.72 Å². The number of aliphatic hydroxyl groups is 1. The molecule has 1 heterocycles. The fourth-order valence-electron chi connectivity index (χ4n) is 2.79. The second-order valence-electron chi connectivity index (χ2n) is 8.69. The van der Waals surface area contributed by atoms with E-state index in [9.17, 15) is 19.6 Å². The van der Waals surface area contributed by atoms with Crippen LogP contribution in [-0.4, -0.2) is 56.2 Å². The van der Waals surface area contributed by atoms with Crippen LogP contribution in [0.2, 0.25) is 0 Å². The monoisotopic (exact) mass is 348 g/mol. The van der Waals surface area contributed by atoms with E-state index >= 15 is 0 Å². The van der Waals surface area contributed by atoms with Crippen molar-refractivity contribution in [2.75, 3.05) is 19.7 Å². The van der Waals surface area contributed by atoms with Crippen LogP contribution in [0.25, 0.3) is 0 Å². The highest BCUT2D eigenvalue weighted by molar-refractivity contribution is 7.90. The molecule has 1 amide bonds. The van der Waals surface area contributed by atoms with Crippen LogP contribution in [-0.2, 0) is 11.4 Å². The molecule has 0 aromatic rings. The quantitative estimate of drug-likeness (QED) is 0.640. The molecule has 0 spiro atoms. The fourth-order valence-corrected chi connectivity index (χ4v) is 3.77. The highest BCUT2D eigenvalue weighted by Crippen LogP contribution is 2.39. The van der Waals surface area contributed by atoms with Gasteiger partial charge in [0.2, 0.25) is 0 Å². The Labute approximate surface area is 142 Å². The minimum absolute atomic E-state index is 0.0338. The molecule has 0 aromatic heterocycles. The number of hydrogen-bond acceptors (Lipinski definition) is 4. The third-order valence-electron chi connectivity index (χ3n) is 4.61. The van der Waals surface area contributed by atoms with Gasteiger partial charge >= 0.3 is 6.09 Å². The Morgan fingerprint density at radius 1 is 1.39 bits per heavy atom. The van der Waals surface area contributed by atoms with E-state index in [2.05, 4.69) is 4.72 Å². The normalized spacial score (nSPS) is 25.5. The Balaban J connectivity index is 2.97. The Bertz CT molecular complexity index is 425. The molecule has 23 heavy (non-hydrogen) atoms. The van der Waals surface area contributed by atoms with Gasteiger partial charge in [-0.05, 0) is 39.0 Å². The lowest BCUT2D eigenvalue weighted by Crippen LogP contribution is -2.53. The summed E-state index contributed by atoms with van der Waals surface area (Å²) in [5.74, 6) is 0. The van der Waals surface area contributed by atoms with Crippen LogP contribution in [0.1, 0.15) is 54.4 Å². The van der Waals surface area contributed by atoms with Crippen molar-refractivity contribution in [3.8, 4) is 0 Å². The van der Waals surface area contributed by atoms with Gasteiger partial charge in [-0.2, -0.15) is 0 Å². The van der Waals surface area contributed by atoms with Gasteiger partial charge in [-0.25, -0.2) is 4.79 Å². The van der Waals surface area contributed by atoms with Gasteiger partial charge in [-0.15, -0.1) is 4.72 Å². The summed E-state index contributed by atoms with van der Waals surface area (Å²) in [5.41, 5.74) is -0.620. The maximum atomic E-state index is 12.6. The molecule has 0 aliphatic carbocycles. The molecule has 0 radical (unpaired) electrons. The minimum Gasteiger partial charge on any atom is -0.598 e. The van der Waals surface area contributed by atoms with Gasteiger partial charge < -0.3 is 19.7 Å². The standard InChI is InChI=1S/C16H32N2O4S/c1-14(2,3)23(22)17-12(9-15(4,5)11-19)16(6)7-8-18(10-16)13(20)21/h12,17,19H,7-11H2,1-6H3,(H,20,21)/t12-,16+,23?/m0/s1. The second kappa shape index (κ2) is 7.17. The SMILES string of the molecule is CC(C)(CO)C[C@H](N[S+]([O-])C(C)(C)C)[C@]1(C)CCN(C(=O)O)C1. The molecule has 1 aliphatic heterocycles. The number of rotatable bonds is 6. The highest BCUT2D eigenvalue weighted by Gasteiger charge is 2.46. The van der Waals surface area contributed by atoms with Crippen molar-refractivity contribution < 1.29 is 19.6 Å². The van der Waals surface area contributed by atoms with Gasteiger partial charge in [-0.3, -0.25) is 0 Å². The highest BCUT2D eigenvalue weighted by atomic mass is 32.2. The van der Waals surface area contributed by atoms with Gasteiger partial charge in [0, 0.05) is 36.5 Å².